The zero-order chi connectivity index (χ0) is 11.5. The molecule has 2 rings (SSSR count). The van der Waals surface area contributed by atoms with Gasteiger partial charge in [0.05, 0.1) is 23.1 Å². The van der Waals surface area contributed by atoms with E-state index in [0.717, 1.165) is 0 Å². The van der Waals surface area contributed by atoms with Crippen LogP contribution < -0.4 is 11.1 Å². The quantitative estimate of drug-likeness (QED) is 0.828. The van der Waals surface area contributed by atoms with Gasteiger partial charge in [-0.2, -0.15) is 0 Å². The van der Waals surface area contributed by atoms with E-state index in [1.807, 2.05) is 0 Å². The number of nitrogens with one attached hydrogen (secondary N) is 1. The molecule has 0 radical (unpaired) electrons. The molecule has 2 heterocycles. The van der Waals surface area contributed by atoms with Gasteiger partial charge in [0.15, 0.2) is 5.13 Å². The monoisotopic (exact) mass is 234 g/mol. The summed E-state index contributed by atoms with van der Waals surface area (Å²) >= 11 is 1.36. The van der Waals surface area contributed by atoms with E-state index in [1.54, 1.807) is 24.6 Å². The van der Waals surface area contributed by atoms with Crippen LogP contribution in [0.1, 0.15) is 16.1 Å². The Hall–Kier alpha value is -1.95. The van der Waals surface area contributed by atoms with Crippen molar-refractivity contribution < 1.29 is 4.79 Å². The van der Waals surface area contributed by atoms with Crippen LogP contribution in [0, 0.1) is 6.92 Å². The van der Waals surface area contributed by atoms with Crippen molar-refractivity contribution in [3.8, 4) is 0 Å². The van der Waals surface area contributed by atoms with E-state index in [-0.39, 0.29) is 5.91 Å². The second-order valence-electron chi connectivity index (χ2n) is 3.19. The fourth-order valence-electron chi connectivity index (χ4n) is 1.23. The van der Waals surface area contributed by atoms with E-state index in [0.29, 0.717) is 22.1 Å². The van der Waals surface area contributed by atoms with Gasteiger partial charge in [-0.25, -0.2) is 4.98 Å². The molecule has 82 valence electrons. The third kappa shape index (κ3) is 2.17. The van der Waals surface area contributed by atoms with Crippen LogP contribution >= 0.6 is 11.3 Å². The Labute approximate surface area is 96.3 Å². The maximum Gasteiger partial charge on any atom is 0.259 e. The average Bonchev–Trinajstić information content (AvgIpc) is 2.74. The number of hydrogen-bond donors (Lipinski definition) is 2. The number of rotatable bonds is 2. The molecule has 0 aromatic carbocycles. The molecule has 16 heavy (non-hydrogen) atoms. The van der Waals surface area contributed by atoms with Gasteiger partial charge in [0, 0.05) is 11.6 Å². The third-order valence-corrected chi connectivity index (χ3v) is 2.69. The minimum absolute atomic E-state index is 0.243. The zero-order valence-corrected chi connectivity index (χ0v) is 9.41. The van der Waals surface area contributed by atoms with Gasteiger partial charge in [0.25, 0.3) is 5.91 Å². The van der Waals surface area contributed by atoms with E-state index in [2.05, 4.69) is 15.3 Å². The molecule has 3 N–H and O–H groups in total. The summed E-state index contributed by atoms with van der Waals surface area (Å²) in [6.45, 7) is 1.76. The number of carbonyl (C=O) groups is 1. The minimum Gasteiger partial charge on any atom is -0.397 e. The highest BCUT2D eigenvalue weighted by Gasteiger charge is 2.11. The van der Waals surface area contributed by atoms with E-state index in [4.69, 9.17) is 5.73 Å². The van der Waals surface area contributed by atoms with Crippen LogP contribution in [-0.4, -0.2) is 15.9 Å². The molecule has 6 heteroatoms. The number of nitrogens with zero attached hydrogens (tertiary/aromatic N) is 2. The van der Waals surface area contributed by atoms with Gasteiger partial charge in [0.1, 0.15) is 0 Å². The molecule has 5 nitrogen and oxygen atoms in total. The standard InChI is InChI=1S/C10H10N4OS/c1-6-8(4-7(11)5-13-6)9(15)14-10-12-2-3-16-10/h2-5H,11H2,1H3,(H,12,14,15). The van der Waals surface area contributed by atoms with Gasteiger partial charge in [0.2, 0.25) is 0 Å². The third-order valence-electron chi connectivity index (χ3n) is 2.01. The fourth-order valence-corrected chi connectivity index (χ4v) is 1.75. The predicted octanol–water partition coefficient (Wildman–Crippen LogP) is 1.68. The Bertz CT molecular complexity index is 510. The molecule has 0 saturated heterocycles. The number of thiazole rings is 1. The van der Waals surface area contributed by atoms with Crippen LogP contribution in [0.25, 0.3) is 0 Å². The summed E-state index contributed by atoms with van der Waals surface area (Å²) in [7, 11) is 0. The van der Waals surface area contributed by atoms with E-state index >= 15 is 0 Å². The van der Waals surface area contributed by atoms with Crippen molar-refractivity contribution in [2.45, 2.75) is 6.92 Å². The molecule has 0 spiro atoms. The number of amides is 1. The number of nitrogens with two attached hydrogens (primary N) is 1. The molecule has 0 aliphatic heterocycles. The van der Waals surface area contributed by atoms with Crippen LogP contribution in [0.5, 0.6) is 0 Å². The number of hydrogen-bond acceptors (Lipinski definition) is 5. The van der Waals surface area contributed by atoms with Gasteiger partial charge in [-0.05, 0) is 13.0 Å². The smallest absolute Gasteiger partial charge is 0.259 e. The molecular formula is C10H10N4OS. The summed E-state index contributed by atoms with van der Waals surface area (Å²) in [6, 6.07) is 1.60. The maximum absolute atomic E-state index is 11.8. The van der Waals surface area contributed by atoms with E-state index < -0.39 is 0 Å². The Balaban J connectivity index is 2.24. The molecule has 0 aliphatic rings. The normalized spacial score (nSPS) is 10.1. The number of pyridine rings is 1. The van der Waals surface area contributed by atoms with Crippen molar-refractivity contribution in [3.05, 3.63) is 35.1 Å². The SMILES string of the molecule is Cc1ncc(N)cc1C(=O)Nc1nccs1. The van der Waals surface area contributed by atoms with Crippen LogP contribution in [-0.2, 0) is 0 Å². The van der Waals surface area contributed by atoms with Gasteiger partial charge < -0.3 is 5.73 Å². The molecule has 0 unspecified atom stereocenters. The van der Waals surface area contributed by atoms with Crippen LogP contribution in [0.3, 0.4) is 0 Å². The summed E-state index contributed by atoms with van der Waals surface area (Å²) in [6.07, 6.45) is 3.15. The highest BCUT2D eigenvalue weighted by molar-refractivity contribution is 7.13. The highest BCUT2D eigenvalue weighted by atomic mass is 32.1. The Morgan fingerprint density at radius 1 is 1.50 bits per heavy atom. The Kier molecular flexibility index (Phi) is 2.82. The van der Waals surface area contributed by atoms with Crippen molar-refractivity contribution in [1.29, 1.82) is 0 Å². The topological polar surface area (TPSA) is 80.9 Å². The lowest BCUT2D eigenvalue weighted by Crippen LogP contribution is -2.14. The largest absolute Gasteiger partial charge is 0.397 e. The molecule has 0 atom stereocenters. The molecule has 1 amide bonds. The van der Waals surface area contributed by atoms with Crippen LogP contribution in [0.2, 0.25) is 0 Å². The Morgan fingerprint density at radius 3 is 3.00 bits per heavy atom. The molecule has 2 aromatic rings. The van der Waals surface area contributed by atoms with E-state index in [1.165, 1.54) is 17.5 Å². The Morgan fingerprint density at radius 2 is 2.31 bits per heavy atom. The lowest BCUT2D eigenvalue weighted by molar-refractivity contribution is 0.102. The molecule has 0 fully saturated rings. The van der Waals surface area contributed by atoms with E-state index in [9.17, 15) is 4.79 Å². The summed E-state index contributed by atoms with van der Waals surface area (Å²) in [4.78, 5) is 19.8. The van der Waals surface area contributed by atoms with Crippen molar-refractivity contribution in [2.75, 3.05) is 11.1 Å². The molecule has 0 aliphatic carbocycles. The van der Waals surface area contributed by atoms with Gasteiger partial charge >= 0.3 is 0 Å². The van der Waals surface area contributed by atoms with Gasteiger partial charge in [-0.3, -0.25) is 15.1 Å². The van der Waals surface area contributed by atoms with Crippen molar-refractivity contribution in [2.24, 2.45) is 0 Å². The molecular weight excluding hydrogens is 224 g/mol. The summed E-state index contributed by atoms with van der Waals surface area (Å²) < 4.78 is 0. The number of aromatic nitrogens is 2. The van der Waals surface area contributed by atoms with Crippen molar-refractivity contribution in [3.63, 3.8) is 0 Å². The number of nitrogen functional groups attached to an aromatic ring is 1. The number of aryl methyl sites for hydroxylation is 1. The van der Waals surface area contributed by atoms with Crippen molar-refractivity contribution in [1.82, 2.24) is 9.97 Å². The molecule has 2 aromatic heterocycles. The summed E-state index contributed by atoms with van der Waals surface area (Å²) in [5, 5.41) is 5.03. The lowest BCUT2D eigenvalue weighted by atomic mass is 10.2. The van der Waals surface area contributed by atoms with Crippen LogP contribution in [0.15, 0.2) is 23.8 Å². The van der Waals surface area contributed by atoms with Crippen LogP contribution in [0.4, 0.5) is 10.8 Å². The molecule has 0 saturated carbocycles. The first-order valence-corrected chi connectivity index (χ1v) is 5.48. The maximum atomic E-state index is 11.8. The second-order valence-corrected chi connectivity index (χ2v) is 4.09. The first-order chi connectivity index (χ1) is 7.66. The van der Waals surface area contributed by atoms with Gasteiger partial charge in [-0.1, -0.05) is 0 Å². The highest BCUT2D eigenvalue weighted by Crippen LogP contribution is 2.15. The fraction of sp³-hybridized carbons (Fsp3) is 0.100. The first-order valence-electron chi connectivity index (χ1n) is 4.60. The van der Waals surface area contributed by atoms with Crippen molar-refractivity contribution >= 4 is 28.1 Å². The summed E-state index contributed by atoms with van der Waals surface area (Å²) in [5.74, 6) is -0.243. The zero-order valence-electron chi connectivity index (χ0n) is 8.60. The predicted molar refractivity (Wildman–Crippen MR) is 63.5 cm³/mol. The second kappa shape index (κ2) is 4.28. The lowest BCUT2D eigenvalue weighted by Gasteiger charge is -2.05. The minimum atomic E-state index is -0.243. The number of carbonyl (C=O) groups excluding carboxylic acids is 1. The molecule has 0 bridgehead atoms. The first kappa shape index (κ1) is 10.6. The average molecular weight is 234 g/mol. The van der Waals surface area contributed by atoms with Gasteiger partial charge in [-0.15, -0.1) is 11.3 Å². The number of anilines is 2. The summed E-state index contributed by atoms with van der Waals surface area (Å²) in [5.41, 5.74) is 7.16.